The van der Waals surface area contributed by atoms with Crippen LogP contribution in [-0.4, -0.2) is 39.3 Å². The topological polar surface area (TPSA) is 59.2 Å². The second-order valence-electron chi connectivity index (χ2n) is 5.88. The summed E-state index contributed by atoms with van der Waals surface area (Å²) in [5.74, 6) is 0.623. The summed E-state index contributed by atoms with van der Waals surface area (Å²) in [6, 6.07) is 7.70. The zero-order valence-electron chi connectivity index (χ0n) is 13.6. The van der Waals surface area contributed by atoms with Gasteiger partial charge in [0.15, 0.2) is 0 Å². The summed E-state index contributed by atoms with van der Waals surface area (Å²) in [7, 11) is 0. The lowest BCUT2D eigenvalue weighted by atomic mass is 10.2. The summed E-state index contributed by atoms with van der Waals surface area (Å²) in [5, 5.41) is 8.36. The van der Waals surface area contributed by atoms with E-state index in [9.17, 15) is 4.79 Å². The number of hydrogen-bond donors (Lipinski definition) is 0. The number of amides is 1. The number of hydrogen-bond acceptors (Lipinski definition) is 5. The molecule has 1 amide bonds. The fraction of sp³-hybridized carbons (Fsp3) is 0.471. The Morgan fingerprint density at radius 2 is 2.00 bits per heavy atom. The predicted molar refractivity (Wildman–Crippen MR) is 97.8 cm³/mol. The molecule has 0 aliphatic carbocycles. The second-order valence-corrected chi connectivity index (χ2v) is 8.09. The summed E-state index contributed by atoms with van der Waals surface area (Å²) in [6.07, 6.45) is 4.61. The fourth-order valence-electron chi connectivity index (χ4n) is 2.75. The summed E-state index contributed by atoms with van der Waals surface area (Å²) in [6.45, 7) is 3.62. The molecule has 1 aliphatic rings. The van der Waals surface area contributed by atoms with Gasteiger partial charge in [-0.3, -0.25) is 4.79 Å². The number of rotatable bonds is 4. The highest BCUT2D eigenvalue weighted by molar-refractivity contribution is 9.10. The van der Waals surface area contributed by atoms with E-state index in [1.165, 1.54) is 24.6 Å². The van der Waals surface area contributed by atoms with Crippen LogP contribution in [0.3, 0.4) is 0 Å². The molecule has 0 spiro atoms. The van der Waals surface area contributed by atoms with Crippen LogP contribution in [0.4, 0.5) is 0 Å². The van der Waals surface area contributed by atoms with Crippen molar-refractivity contribution in [3.05, 3.63) is 28.7 Å². The Bertz CT molecular complexity index is 699. The van der Waals surface area contributed by atoms with E-state index in [0.717, 1.165) is 36.0 Å². The van der Waals surface area contributed by atoms with Gasteiger partial charge in [-0.05, 0) is 38.0 Å². The number of halogens is 1. The first-order chi connectivity index (χ1) is 11.6. The van der Waals surface area contributed by atoms with Crippen molar-refractivity contribution >= 4 is 33.6 Å². The average Bonchev–Trinajstić information content (AvgIpc) is 2.87. The third-order valence-corrected chi connectivity index (χ3v) is 5.44. The Kier molecular flexibility index (Phi) is 5.94. The molecule has 5 nitrogen and oxygen atoms in total. The van der Waals surface area contributed by atoms with E-state index in [0.29, 0.717) is 11.1 Å². The quantitative estimate of drug-likeness (QED) is 0.700. The standard InChI is InChI=1S/C17H20BrN3O2S/c1-12(16(22)21-9-4-2-3-5-10-21)24-17-20-19-15(23-17)13-7-6-8-14(18)11-13/h6-8,11-12H,2-5,9-10H2,1H3/t12-/m0/s1. The molecule has 0 saturated carbocycles. The molecule has 0 unspecified atom stereocenters. The first kappa shape index (κ1) is 17.5. The normalized spacial score (nSPS) is 16.7. The summed E-state index contributed by atoms with van der Waals surface area (Å²) in [4.78, 5) is 14.6. The number of likely N-dealkylation sites (tertiary alicyclic amines) is 1. The van der Waals surface area contributed by atoms with E-state index in [1.807, 2.05) is 36.1 Å². The number of benzene rings is 1. The van der Waals surface area contributed by atoms with Crippen LogP contribution in [-0.2, 0) is 4.79 Å². The molecule has 1 aromatic heterocycles. The van der Waals surface area contributed by atoms with Crippen LogP contribution in [0, 0.1) is 0 Å². The maximum absolute atomic E-state index is 12.6. The van der Waals surface area contributed by atoms with Crippen molar-refractivity contribution in [2.45, 2.75) is 43.1 Å². The Hall–Kier alpha value is -1.34. The monoisotopic (exact) mass is 409 g/mol. The molecule has 7 heteroatoms. The lowest BCUT2D eigenvalue weighted by Crippen LogP contribution is -2.37. The molecular weight excluding hydrogens is 390 g/mol. The lowest BCUT2D eigenvalue weighted by Gasteiger charge is -2.23. The van der Waals surface area contributed by atoms with Gasteiger partial charge in [-0.15, -0.1) is 10.2 Å². The van der Waals surface area contributed by atoms with E-state index in [1.54, 1.807) is 0 Å². The van der Waals surface area contributed by atoms with E-state index in [4.69, 9.17) is 4.42 Å². The van der Waals surface area contributed by atoms with Crippen LogP contribution in [0.25, 0.3) is 11.5 Å². The smallest absolute Gasteiger partial charge is 0.277 e. The maximum Gasteiger partial charge on any atom is 0.277 e. The minimum atomic E-state index is -0.223. The van der Waals surface area contributed by atoms with E-state index < -0.39 is 0 Å². The molecule has 2 heterocycles. The first-order valence-corrected chi connectivity index (χ1v) is 9.85. The Balaban J connectivity index is 1.64. The Labute approximate surface area is 154 Å². The average molecular weight is 410 g/mol. The van der Waals surface area contributed by atoms with Gasteiger partial charge in [0.1, 0.15) is 0 Å². The fourth-order valence-corrected chi connectivity index (χ4v) is 3.91. The minimum Gasteiger partial charge on any atom is -0.411 e. The molecular formula is C17H20BrN3O2S. The van der Waals surface area contributed by atoms with E-state index in [2.05, 4.69) is 26.1 Å². The van der Waals surface area contributed by atoms with Crippen LogP contribution in [0.2, 0.25) is 0 Å². The van der Waals surface area contributed by atoms with Crippen molar-refractivity contribution in [3.63, 3.8) is 0 Å². The summed E-state index contributed by atoms with van der Waals surface area (Å²) >= 11 is 4.76. The van der Waals surface area contributed by atoms with Gasteiger partial charge in [-0.25, -0.2) is 0 Å². The lowest BCUT2D eigenvalue weighted by molar-refractivity contribution is -0.130. The van der Waals surface area contributed by atoms with Crippen molar-refractivity contribution in [1.29, 1.82) is 0 Å². The number of nitrogens with zero attached hydrogens (tertiary/aromatic N) is 3. The van der Waals surface area contributed by atoms with Crippen molar-refractivity contribution in [2.75, 3.05) is 13.1 Å². The molecule has 0 radical (unpaired) electrons. The highest BCUT2D eigenvalue weighted by Crippen LogP contribution is 2.28. The van der Waals surface area contributed by atoms with Crippen molar-refractivity contribution in [2.24, 2.45) is 0 Å². The number of aromatic nitrogens is 2. The van der Waals surface area contributed by atoms with Gasteiger partial charge >= 0.3 is 0 Å². The second kappa shape index (κ2) is 8.16. The largest absolute Gasteiger partial charge is 0.411 e. The van der Waals surface area contributed by atoms with Gasteiger partial charge in [0.25, 0.3) is 5.22 Å². The van der Waals surface area contributed by atoms with Gasteiger partial charge < -0.3 is 9.32 Å². The van der Waals surface area contributed by atoms with Crippen LogP contribution in [0.15, 0.2) is 38.4 Å². The molecule has 1 atom stereocenters. The van der Waals surface area contributed by atoms with Gasteiger partial charge in [-0.2, -0.15) is 0 Å². The Morgan fingerprint density at radius 3 is 2.71 bits per heavy atom. The molecule has 2 aromatic rings. The molecule has 1 fully saturated rings. The van der Waals surface area contributed by atoms with Crippen LogP contribution in [0.1, 0.15) is 32.6 Å². The zero-order chi connectivity index (χ0) is 16.9. The zero-order valence-corrected chi connectivity index (χ0v) is 16.0. The minimum absolute atomic E-state index is 0.157. The molecule has 128 valence electrons. The molecule has 24 heavy (non-hydrogen) atoms. The van der Waals surface area contributed by atoms with Gasteiger partial charge in [-0.1, -0.05) is 46.6 Å². The molecule has 1 saturated heterocycles. The third-order valence-electron chi connectivity index (χ3n) is 4.02. The van der Waals surface area contributed by atoms with Crippen molar-refractivity contribution < 1.29 is 9.21 Å². The molecule has 0 bridgehead atoms. The molecule has 1 aliphatic heterocycles. The van der Waals surface area contributed by atoms with Crippen LogP contribution in [0.5, 0.6) is 0 Å². The highest BCUT2D eigenvalue weighted by Gasteiger charge is 2.24. The van der Waals surface area contributed by atoms with Crippen LogP contribution >= 0.6 is 27.7 Å². The predicted octanol–water partition coefficient (Wildman–Crippen LogP) is 4.38. The number of carbonyl (C=O) groups excluding carboxylic acids is 1. The summed E-state index contributed by atoms with van der Waals surface area (Å²) in [5.41, 5.74) is 0.857. The third kappa shape index (κ3) is 4.39. The highest BCUT2D eigenvalue weighted by atomic mass is 79.9. The first-order valence-electron chi connectivity index (χ1n) is 8.18. The molecule has 1 aromatic carbocycles. The van der Waals surface area contributed by atoms with Gasteiger partial charge in [0, 0.05) is 23.1 Å². The number of carbonyl (C=O) groups is 1. The van der Waals surface area contributed by atoms with Crippen molar-refractivity contribution in [3.8, 4) is 11.5 Å². The SMILES string of the molecule is C[C@H](Sc1nnc(-c2cccc(Br)c2)o1)C(=O)N1CCCCCC1. The molecule has 0 N–H and O–H groups in total. The van der Waals surface area contributed by atoms with Gasteiger partial charge in [0.2, 0.25) is 11.8 Å². The van der Waals surface area contributed by atoms with E-state index in [-0.39, 0.29) is 11.2 Å². The maximum atomic E-state index is 12.6. The van der Waals surface area contributed by atoms with Crippen molar-refractivity contribution in [1.82, 2.24) is 15.1 Å². The number of thioether (sulfide) groups is 1. The molecule has 3 rings (SSSR count). The van der Waals surface area contributed by atoms with E-state index >= 15 is 0 Å². The van der Waals surface area contributed by atoms with Crippen LogP contribution < -0.4 is 0 Å². The Morgan fingerprint density at radius 1 is 1.25 bits per heavy atom. The van der Waals surface area contributed by atoms with Gasteiger partial charge in [0.05, 0.1) is 5.25 Å². The summed E-state index contributed by atoms with van der Waals surface area (Å²) < 4.78 is 6.66.